The first-order valence-corrected chi connectivity index (χ1v) is 12.4. The minimum atomic E-state index is 0.0567. The molecule has 0 amide bonds. The van der Waals surface area contributed by atoms with Crippen LogP contribution in [0.5, 0.6) is 0 Å². The summed E-state index contributed by atoms with van der Waals surface area (Å²) in [4.78, 5) is 18.1. The maximum atomic E-state index is 11.2. The number of piperidine rings is 1. The van der Waals surface area contributed by atoms with Crippen molar-refractivity contribution in [2.24, 2.45) is 0 Å². The Morgan fingerprint density at radius 2 is 2.03 bits per heavy atom. The highest BCUT2D eigenvalue weighted by atomic mass is 16.5. The van der Waals surface area contributed by atoms with E-state index in [-0.39, 0.29) is 6.17 Å². The normalized spacial score (nSPS) is 19.7. The van der Waals surface area contributed by atoms with Crippen molar-refractivity contribution >= 4 is 17.7 Å². The van der Waals surface area contributed by atoms with Crippen LogP contribution >= 0.6 is 0 Å². The molecule has 1 atom stereocenters. The number of fused-ring (bicyclic) bond motifs is 1. The van der Waals surface area contributed by atoms with Gasteiger partial charge in [-0.1, -0.05) is 24.6 Å². The molecule has 3 heterocycles. The van der Waals surface area contributed by atoms with Crippen LogP contribution in [0.25, 0.3) is 5.70 Å². The van der Waals surface area contributed by atoms with Crippen molar-refractivity contribution in [1.82, 2.24) is 20.4 Å². The Morgan fingerprint density at radius 1 is 1.24 bits per heavy atom. The Bertz CT molecular complexity index is 881. The molecule has 0 saturated carbocycles. The maximum absolute atomic E-state index is 11.2. The molecule has 0 aliphatic carbocycles. The number of methoxy groups -OCH3 is 1. The van der Waals surface area contributed by atoms with Gasteiger partial charge in [-0.15, -0.1) is 0 Å². The van der Waals surface area contributed by atoms with Gasteiger partial charge in [-0.05, 0) is 65.2 Å². The largest absolute Gasteiger partial charge is 0.383 e. The van der Waals surface area contributed by atoms with Crippen LogP contribution < -0.4 is 15.5 Å². The van der Waals surface area contributed by atoms with E-state index in [1.54, 1.807) is 7.11 Å². The molecule has 186 valence electrons. The SMILES string of the molecule is CN1CCCCC1.CNCCN(CCOC)c1cccc(C2=C(C)NC3C=CC(C=O)=CN23)c1. The van der Waals surface area contributed by atoms with E-state index >= 15 is 0 Å². The van der Waals surface area contributed by atoms with E-state index in [4.69, 9.17) is 4.74 Å². The van der Waals surface area contributed by atoms with Gasteiger partial charge in [-0.2, -0.15) is 0 Å². The van der Waals surface area contributed by atoms with Crippen molar-refractivity contribution in [2.45, 2.75) is 32.4 Å². The van der Waals surface area contributed by atoms with Crippen LogP contribution in [0.4, 0.5) is 5.69 Å². The molecule has 1 fully saturated rings. The van der Waals surface area contributed by atoms with E-state index in [2.05, 4.69) is 63.6 Å². The lowest BCUT2D eigenvalue weighted by Gasteiger charge is -2.28. The zero-order valence-electron chi connectivity index (χ0n) is 21.2. The van der Waals surface area contributed by atoms with Gasteiger partial charge < -0.3 is 30.1 Å². The highest BCUT2D eigenvalue weighted by Crippen LogP contribution is 2.34. The molecule has 0 bridgehead atoms. The third-order valence-corrected chi connectivity index (χ3v) is 6.43. The molecule has 7 heteroatoms. The van der Waals surface area contributed by atoms with Gasteiger partial charge in [0.25, 0.3) is 0 Å². The third-order valence-electron chi connectivity index (χ3n) is 6.43. The van der Waals surface area contributed by atoms with Gasteiger partial charge in [0.05, 0.1) is 12.3 Å². The Balaban J connectivity index is 0.000000396. The van der Waals surface area contributed by atoms with Gasteiger partial charge in [0.1, 0.15) is 6.17 Å². The topological polar surface area (TPSA) is 60.1 Å². The number of likely N-dealkylation sites (tertiary alicyclic amines) is 1. The molecule has 1 saturated heterocycles. The fourth-order valence-corrected chi connectivity index (χ4v) is 4.54. The number of likely N-dealkylation sites (N-methyl/N-ethyl adjacent to an activating group) is 1. The van der Waals surface area contributed by atoms with Crippen LogP contribution in [0.1, 0.15) is 31.7 Å². The summed E-state index contributed by atoms with van der Waals surface area (Å²) in [5.41, 5.74) is 5.17. The minimum absolute atomic E-state index is 0.0567. The highest BCUT2D eigenvalue weighted by Gasteiger charge is 2.29. The number of nitrogens with one attached hydrogen (secondary N) is 2. The number of carbonyl (C=O) groups excluding carboxylic acids is 1. The summed E-state index contributed by atoms with van der Waals surface area (Å²) >= 11 is 0. The van der Waals surface area contributed by atoms with Crippen molar-refractivity contribution in [3.63, 3.8) is 0 Å². The monoisotopic (exact) mass is 467 g/mol. The van der Waals surface area contributed by atoms with E-state index in [0.29, 0.717) is 12.2 Å². The number of allylic oxidation sites excluding steroid dienone is 3. The predicted octanol–water partition coefficient (Wildman–Crippen LogP) is 3.03. The lowest BCUT2D eigenvalue weighted by molar-refractivity contribution is -0.104. The fourth-order valence-electron chi connectivity index (χ4n) is 4.54. The second-order valence-electron chi connectivity index (χ2n) is 9.07. The van der Waals surface area contributed by atoms with Gasteiger partial charge in [-0.25, -0.2) is 0 Å². The van der Waals surface area contributed by atoms with Gasteiger partial charge in [0.15, 0.2) is 6.29 Å². The first kappa shape index (κ1) is 26.0. The third kappa shape index (κ3) is 6.95. The van der Waals surface area contributed by atoms with E-state index in [1.165, 1.54) is 32.4 Å². The molecular weight excluding hydrogens is 426 g/mol. The van der Waals surface area contributed by atoms with Gasteiger partial charge >= 0.3 is 0 Å². The van der Waals surface area contributed by atoms with Crippen LogP contribution in [0.3, 0.4) is 0 Å². The summed E-state index contributed by atoms with van der Waals surface area (Å²) in [5, 5.41) is 6.69. The van der Waals surface area contributed by atoms with E-state index in [9.17, 15) is 4.79 Å². The highest BCUT2D eigenvalue weighted by molar-refractivity contribution is 5.80. The Morgan fingerprint density at radius 3 is 2.68 bits per heavy atom. The zero-order valence-corrected chi connectivity index (χ0v) is 21.2. The quantitative estimate of drug-likeness (QED) is 0.542. The molecule has 34 heavy (non-hydrogen) atoms. The number of hydrogen-bond donors (Lipinski definition) is 2. The smallest absolute Gasteiger partial charge is 0.151 e. The van der Waals surface area contributed by atoms with Crippen LogP contribution in [0.15, 0.2) is 53.9 Å². The van der Waals surface area contributed by atoms with Crippen LogP contribution in [0, 0.1) is 0 Å². The summed E-state index contributed by atoms with van der Waals surface area (Å²) in [7, 11) is 5.88. The first-order chi connectivity index (χ1) is 16.6. The van der Waals surface area contributed by atoms with Crippen LogP contribution in [0.2, 0.25) is 0 Å². The molecule has 1 aromatic rings. The van der Waals surface area contributed by atoms with E-state index in [1.807, 2.05) is 25.4 Å². The number of benzene rings is 1. The molecule has 2 N–H and O–H groups in total. The Labute approximate surface area is 205 Å². The van der Waals surface area contributed by atoms with Crippen molar-refractivity contribution < 1.29 is 9.53 Å². The van der Waals surface area contributed by atoms with Crippen molar-refractivity contribution in [1.29, 1.82) is 0 Å². The molecule has 3 aliphatic rings. The van der Waals surface area contributed by atoms with Crippen LogP contribution in [-0.2, 0) is 9.53 Å². The maximum Gasteiger partial charge on any atom is 0.151 e. The summed E-state index contributed by atoms with van der Waals surface area (Å²) in [5.74, 6) is 0. The first-order valence-electron chi connectivity index (χ1n) is 12.4. The molecule has 4 rings (SSSR count). The van der Waals surface area contributed by atoms with E-state index < -0.39 is 0 Å². The number of anilines is 1. The summed E-state index contributed by atoms with van der Waals surface area (Å²) < 4.78 is 5.28. The lowest BCUT2D eigenvalue weighted by atomic mass is 10.1. The van der Waals surface area contributed by atoms with Gasteiger partial charge in [0.2, 0.25) is 0 Å². The second-order valence-corrected chi connectivity index (χ2v) is 9.07. The summed E-state index contributed by atoms with van der Waals surface area (Å²) in [6.07, 6.45) is 11.0. The molecule has 1 aromatic carbocycles. The Kier molecular flexibility index (Phi) is 10.2. The van der Waals surface area contributed by atoms with Crippen molar-refractivity contribution in [3.8, 4) is 0 Å². The number of carbonyl (C=O) groups is 1. The number of rotatable bonds is 9. The van der Waals surface area contributed by atoms with E-state index in [0.717, 1.165) is 48.6 Å². The number of aldehydes is 1. The fraction of sp³-hybridized carbons (Fsp3) is 0.519. The average molecular weight is 468 g/mol. The number of hydrogen-bond acceptors (Lipinski definition) is 7. The molecule has 1 unspecified atom stereocenters. The lowest BCUT2D eigenvalue weighted by Crippen LogP contribution is -2.34. The van der Waals surface area contributed by atoms with Gasteiger partial charge in [0, 0.05) is 55.5 Å². The average Bonchev–Trinajstić information content (AvgIpc) is 3.20. The number of ether oxygens (including phenoxy) is 1. The molecule has 7 nitrogen and oxygen atoms in total. The summed E-state index contributed by atoms with van der Waals surface area (Å²) in [6.45, 7) is 8.04. The number of nitrogens with zero attached hydrogens (tertiary/aromatic N) is 3. The second kappa shape index (κ2) is 13.3. The molecule has 0 spiro atoms. The Hall–Kier alpha value is -2.61. The van der Waals surface area contributed by atoms with Crippen LogP contribution in [-0.4, -0.2) is 82.8 Å². The zero-order chi connectivity index (χ0) is 24.3. The molecular formula is C27H41N5O2. The predicted molar refractivity (Wildman–Crippen MR) is 140 cm³/mol. The van der Waals surface area contributed by atoms with Crippen molar-refractivity contribution in [3.05, 3.63) is 59.5 Å². The van der Waals surface area contributed by atoms with Gasteiger partial charge in [-0.3, -0.25) is 4.79 Å². The summed E-state index contributed by atoms with van der Waals surface area (Å²) in [6, 6.07) is 8.54. The molecule has 0 radical (unpaired) electrons. The molecule has 3 aliphatic heterocycles. The van der Waals surface area contributed by atoms with Crippen molar-refractivity contribution in [2.75, 3.05) is 65.4 Å². The minimum Gasteiger partial charge on any atom is -0.383 e. The molecule has 0 aromatic heterocycles. The standard InChI is InChI=1S/C21H28N4O2.C6H13N/c1-16-21(25-14-17(15-26)7-8-20(25)23-16)18-5-4-6-19(13-18)24(10-9-22-2)11-12-27-3;1-7-5-3-2-4-6-7/h4-8,13-15,20,22-23H,9-12H2,1-3H3;2-6H2,1H3.